The number of nitrogens with zero attached hydrogens (tertiary/aromatic N) is 3. The summed E-state index contributed by atoms with van der Waals surface area (Å²) in [5.41, 5.74) is -1.36. The summed E-state index contributed by atoms with van der Waals surface area (Å²) in [6, 6.07) is 2.40. The molecular weight excluding hydrogens is 346 g/mol. The van der Waals surface area contributed by atoms with E-state index in [1.165, 1.54) is 13.0 Å². The predicted octanol–water partition coefficient (Wildman–Crippen LogP) is 2.66. The second kappa shape index (κ2) is 6.81. The van der Waals surface area contributed by atoms with Gasteiger partial charge in [-0.3, -0.25) is 9.69 Å². The molecular formula is C17H18F2N4O3. The van der Waals surface area contributed by atoms with Crippen molar-refractivity contribution in [2.75, 3.05) is 0 Å². The van der Waals surface area contributed by atoms with E-state index in [0.29, 0.717) is 12.2 Å². The SMILES string of the molecule is CCCCc1noc(CN2C(=O)NC(C)(c3ccc(F)c(F)c3)C2=O)n1. The van der Waals surface area contributed by atoms with Crippen LogP contribution in [0.5, 0.6) is 0 Å². The molecule has 1 aromatic heterocycles. The van der Waals surface area contributed by atoms with Crippen LogP contribution in [-0.4, -0.2) is 27.0 Å². The Labute approximate surface area is 148 Å². The quantitative estimate of drug-likeness (QED) is 0.796. The van der Waals surface area contributed by atoms with E-state index in [1.807, 2.05) is 6.92 Å². The summed E-state index contributed by atoms with van der Waals surface area (Å²) in [5.74, 6) is -2.09. The third-order valence-electron chi connectivity index (χ3n) is 4.33. The zero-order chi connectivity index (χ0) is 18.9. The van der Waals surface area contributed by atoms with Gasteiger partial charge in [-0.1, -0.05) is 24.6 Å². The molecule has 1 atom stereocenters. The average Bonchev–Trinajstić information content (AvgIpc) is 3.14. The molecule has 1 unspecified atom stereocenters. The Morgan fingerprint density at radius 1 is 1.27 bits per heavy atom. The van der Waals surface area contributed by atoms with E-state index < -0.39 is 29.1 Å². The number of hydrogen-bond acceptors (Lipinski definition) is 5. The van der Waals surface area contributed by atoms with E-state index in [1.54, 1.807) is 0 Å². The normalized spacial score (nSPS) is 19.9. The number of carbonyl (C=O) groups excluding carboxylic acids is 2. The molecule has 1 aromatic carbocycles. The molecule has 0 radical (unpaired) electrons. The first-order valence-electron chi connectivity index (χ1n) is 8.26. The van der Waals surface area contributed by atoms with Crippen molar-refractivity contribution in [3.8, 4) is 0 Å². The Bertz CT molecular complexity index is 854. The lowest BCUT2D eigenvalue weighted by molar-refractivity contribution is -0.131. The predicted molar refractivity (Wildman–Crippen MR) is 85.7 cm³/mol. The first kappa shape index (κ1) is 18.0. The van der Waals surface area contributed by atoms with E-state index in [-0.39, 0.29) is 18.0 Å². The van der Waals surface area contributed by atoms with Crippen LogP contribution < -0.4 is 5.32 Å². The van der Waals surface area contributed by atoms with Crippen molar-refractivity contribution in [2.24, 2.45) is 0 Å². The topological polar surface area (TPSA) is 88.3 Å². The monoisotopic (exact) mass is 364 g/mol. The largest absolute Gasteiger partial charge is 0.337 e. The number of benzene rings is 1. The lowest BCUT2D eigenvalue weighted by Crippen LogP contribution is -2.41. The van der Waals surface area contributed by atoms with Gasteiger partial charge in [-0.25, -0.2) is 13.6 Å². The molecule has 1 aliphatic heterocycles. The van der Waals surface area contributed by atoms with Crippen molar-refractivity contribution in [2.45, 2.75) is 45.2 Å². The zero-order valence-electron chi connectivity index (χ0n) is 14.4. The lowest BCUT2D eigenvalue weighted by atomic mass is 9.92. The Morgan fingerprint density at radius 2 is 2.04 bits per heavy atom. The highest BCUT2D eigenvalue weighted by Gasteiger charge is 2.49. The summed E-state index contributed by atoms with van der Waals surface area (Å²) in [7, 11) is 0. The van der Waals surface area contributed by atoms with Crippen LogP contribution >= 0.6 is 0 Å². The fourth-order valence-corrected chi connectivity index (χ4v) is 2.77. The molecule has 2 heterocycles. The maximum Gasteiger partial charge on any atom is 0.325 e. The van der Waals surface area contributed by atoms with Gasteiger partial charge in [0.05, 0.1) is 0 Å². The van der Waals surface area contributed by atoms with E-state index >= 15 is 0 Å². The van der Waals surface area contributed by atoms with Gasteiger partial charge in [0.25, 0.3) is 5.91 Å². The summed E-state index contributed by atoms with van der Waals surface area (Å²) in [6.45, 7) is 3.27. The minimum atomic E-state index is -1.50. The number of imide groups is 1. The molecule has 3 amide bonds. The number of rotatable bonds is 6. The van der Waals surface area contributed by atoms with Crippen molar-refractivity contribution in [3.63, 3.8) is 0 Å². The Hall–Kier alpha value is -2.84. The summed E-state index contributed by atoms with van der Waals surface area (Å²) < 4.78 is 31.8. The first-order chi connectivity index (χ1) is 12.3. The fourth-order valence-electron chi connectivity index (χ4n) is 2.77. The number of amides is 3. The second-order valence-electron chi connectivity index (χ2n) is 6.28. The summed E-state index contributed by atoms with van der Waals surface area (Å²) in [5, 5.41) is 6.33. The highest BCUT2D eigenvalue weighted by Crippen LogP contribution is 2.30. The minimum Gasteiger partial charge on any atom is -0.337 e. The zero-order valence-corrected chi connectivity index (χ0v) is 14.4. The van der Waals surface area contributed by atoms with Crippen LogP contribution in [0, 0.1) is 11.6 Å². The standard InChI is InChI=1S/C17H18F2N4O3/c1-3-4-5-13-20-14(26-22-13)9-23-15(24)17(2,21-16(23)25)10-6-7-11(18)12(19)8-10/h6-8H,3-5,9H2,1-2H3,(H,21,25). The number of nitrogens with one attached hydrogen (secondary N) is 1. The molecule has 3 rings (SSSR count). The van der Waals surface area contributed by atoms with Crippen molar-refractivity contribution in [1.82, 2.24) is 20.4 Å². The van der Waals surface area contributed by atoms with Crippen molar-refractivity contribution < 1.29 is 22.9 Å². The van der Waals surface area contributed by atoms with Gasteiger partial charge in [0.2, 0.25) is 5.89 Å². The second-order valence-corrected chi connectivity index (χ2v) is 6.28. The molecule has 2 aromatic rings. The van der Waals surface area contributed by atoms with Gasteiger partial charge in [-0.05, 0) is 31.0 Å². The van der Waals surface area contributed by atoms with Crippen molar-refractivity contribution in [1.29, 1.82) is 0 Å². The molecule has 0 saturated carbocycles. The van der Waals surface area contributed by atoms with Crippen LogP contribution in [-0.2, 0) is 23.3 Å². The smallest absolute Gasteiger partial charge is 0.325 e. The molecule has 138 valence electrons. The average molecular weight is 364 g/mol. The third kappa shape index (κ3) is 3.16. The van der Waals surface area contributed by atoms with Crippen LogP contribution in [0.4, 0.5) is 13.6 Å². The highest BCUT2D eigenvalue weighted by atomic mass is 19.2. The van der Waals surface area contributed by atoms with E-state index in [2.05, 4.69) is 15.5 Å². The number of urea groups is 1. The lowest BCUT2D eigenvalue weighted by Gasteiger charge is -2.22. The summed E-state index contributed by atoms with van der Waals surface area (Å²) >= 11 is 0. The fraction of sp³-hybridized carbons (Fsp3) is 0.412. The van der Waals surface area contributed by atoms with Gasteiger partial charge >= 0.3 is 6.03 Å². The van der Waals surface area contributed by atoms with Gasteiger partial charge in [0, 0.05) is 6.42 Å². The molecule has 7 nitrogen and oxygen atoms in total. The number of aromatic nitrogens is 2. The van der Waals surface area contributed by atoms with E-state index in [9.17, 15) is 18.4 Å². The number of unbranched alkanes of at least 4 members (excludes halogenated alkanes) is 1. The Balaban J connectivity index is 1.80. The van der Waals surface area contributed by atoms with Crippen molar-refractivity contribution >= 4 is 11.9 Å². The van der Waals surface area contributed by atoms with Crippen LogP contribution in [0.15, 0.2) is 22.7 Å². The Kier molecular flexibility index (Phi) is 4.71. The summed E-state index contributed by atoms with van der Waals surface area (Å²) in [6.07, 6.45) is 2.52. The maximum absolute atomic E-state index is 13.5. The molecule has 1 N–H and O–H groups in total. The van der Waals surface area contributed by atoms with Crippen LogP contribution in [0.2, 0.25) is 0 Å². The number of carbonyl (C=O) groups is 2. The molecule has 9 heteroatoms. The molecule has 26 heavy (non-hydrogen) atoms. The van der Waals surface area contributed by atoms with Gasteiger partial charge in [0.1, 0.15) is 12.1 Å². The van der Waals surface area contributed by atoms with E-state index in [4.69, 9.17) is 4.52 Å². The molecule has 1 aliphatic rings. The number of hydrogen-bond donors (Lipinski definition) is 1. The van der Waals surface area contributed by atoms with Gasteiger partial charge < -0.3 is 9.84 Å². The van der Waals surface area contributed by atoms with E-state index in [0.717, 1.165) is 29.9 Å². The van der Waals surface area contributed by atoms with Crippen LogP contribution in [0.1, 0.15) is 44.0 Å². The van der Waals surface area contributed by atoms with Gasteiger partial charge in [0.15, 0.2) is 17.5 Å². The third-order valence-corrected chi connectivity index (χ3v) is 4.33. The minimum absolute atomic E-state index is 0.133. The van der Waals surface area contributed by atoms with Crippen LogP contribution in [0.25, 0.3) is 0 Å². The molecule has 0 bridgehead atoms. The van der Waals surface area contributed by atoms with Gasteiger partial charge in [-0.2, -0.15) is 4.98 Å². The molecule has 0 spiro atoms. The molecule has 1 fully saturated rings. The highest BCUT2D eigenvalue weighted by molar-refractivity contribution is 6.07. The van der Waals surface area contributed by atoms with Crippen molar-refractivity contribution in [3.05, 3.63) is 47.1 Å². The van der Waals surface area contributed by atoms with Gasteiger partial charge in [-0.15, -0.1) is 0 Å². The molecule has 0 aliphatic carbocycles. The molecule has 1 saturated heterocycles. The van der Waals surface area contributed by atoms with Crippen LogP contribution in [0.3, 0.4) is 0 Å². The number of aryl methyl sites for hydroxylation is 1. The first-order valence-corrected chi connectivity index (χ1v) is 8.26. The Morgan fingerprint density at radius 3 is 2.73 bits per heavy atom. The summed E-state index contributed by atoms with van der Waals surface area (Å²) in [4.78, 5) is 30.1. The maximum atomic E-state index is 13.5. The number of halogens is 2.